The van der Waals surface area contributed by atoms with E-state index in [1.807, 2.05) is 0 Å². The van der Waals surface area contributed by atoms with Crippen molar-refractivity contribution in [3.8, 4) is 0 Å². The first-order valence-electron chi connectivity index (χ1n) is 9.60. The number of allylic oxidation sites excluding steroid dienone is 1. The van der Waals surface area contributed by atoms with Gasteiger partial charge in [-0.2, -0.15) is 0 Å². The van der Waals surface area contributed by atoms with Gasteiger partial charge in [0.25, 0.3) is 0 Å². The fraction of sp³-hybridized carbons (Fsp3) is 0.0400. The monoisotopic (exact) mass is 427 g/mol. The van der Waals surface area contributed by atoms with Gasteiger partial charge in [-0.3, -0.25) is 19.2 Å². The van der Waals surface area contributed by atoms with Crippen LogP contribution in [-0.4, -0.2) is 23.3 Å². The number of benzene rings is 3. The Balaban J connectivity index is 1.77. The molecule has 31 heavy (non-hydrogen) atoms. The van der Waals surface area contributed by atoms with Crippen LogP contribution in [-0.2, 0) is 4.79 Å². The summed E-state index contributed by atoms with van der Waals surface area (Å²) in [6.07, 6.45) is 0. The minimum absolute atomic E-state index is 0.129. The summed E-state index contributed by atoms with van der Waals surface area (Å²) >= 11 is 5.93. The van der Waals surface area contributed by atoms with Crippen LogP contribution in [0.5, 0.6) is 0 Å². The van der Waals surface area contributed by atoms with E-state index in [0.717, 1.165) is 0 Å². The molecule has 150 valence electrons. The number of amides is 1. The molecule has 0 fully saturated rings. The van der Waals surface area contributed by atoms with Gasteiger partial charge in [-0.25, -0.2) is 0 Å². The van der Waals surface area contributed by atoms with Crippen LogP contribution in [0.4, 0.5) is 5.69 Å². The van der Waals surface area contributed by atoms with Crippen LogP contribution in [0, 0.1) is 5.92 Å². The predicted molar refractivity (Wildman–Crippen MR) is 116 cm³/mol. The van der Waals surface area contributed by atoms with Crippen molar-refractivity contribution >= 4 is 46.1 Å². The van der Waals surface area contributed by atoms with Gasteiger partial charge in [-0.15, -0.1) is 0 Å². The van der Waals surface area contributed by atoms with Crippen molar-refractivity contribution in [2.24, 2.45) is 5.92 Å². The van der Waals surface area contributed by atoms with E-state index in [1.165, 1.54) is 12.1 Å². The second kappa shape index (κ2) is 7.15. The van der Waals surface area contributed by atoms with E-state index >= 15 is 0 Å². The molecule has 2 aliphatic rings. The predicted octanol–water partition coefficient (Wildman–Crippen LogP) is 4.62. The smallest absolute Gasteiger partial charge is 0.239 e. The number of Topliss-reactive ketones (excluding diaryl/α,β-unsaturated/α-hetero) is 3. The molecule has 0 radical (unpaired) electrons. The van der Waals surface area contributed by atoms with Crippen LogP contribution in [0.1, 0.15) is 36.6 Å². The third-order valence-corrected chi connectivity index (χ3v) is 5.81. The molecule has 1 aliphatic carbocycles. The molecular formula is C25H14ClNO4. The zero-order valence-electron chi connectivity index (χ0n) is 16.0. The number of halogens is 1. The van der Waals surface area contributed by atoms with Crippen LogP contribution < -0.4 is 5.32 Å². The highest BCUT2D eigenvalue weighted by Crippen LogP contribution is 2.42. The van der Waals surface area contributed by atoms with Gasteiger partial charge in [0.05, 0.1) is 5.57 Å². The third kappa shape index (κ3) is 2.94. The quantitative estimate of drug-likeness (QED) is 0.280. The van der Waals surface area contributed by atoms with Crippen molar-refractivity contribution in [1.29, 1.82) is 0 Å². The minimum Gasteiger partial charge on any atom is -0.325 e. The third-order valence-electron chi connectivity index (χ3n) is 5.56. The summed E-state index contributed by atoms with van der Waals surface area (Å²) in [6, 6.07) is 19.5. The Morgan fingerprint density at radius 3 is 1.90 bits per heavy atom. The zero-order valence-corrected chi connectivity index (χ0v) is 16.8. The molecule has 1 unspecified atom stereocenters. The maximum absolute atomic E-state index is 13.4. The number of hydrogen-bond acceptors (Lipinski definition) is 4. The molecule has 5 rings (SSSR count). The van der Waals surface area contributed by atoms with E-state index < -0.39 is 29.2 Å². The van der Waals surface area contributed by atoms with Crippen LogP contribution in [0.15, 0.2) is 78.4 Å². The van der Waals surface area contributed by atoms with Crippen molar-refractivity contribution in [3.05, 3.63) is 106 Å². The number of carbonyl (C=O) groups excluding carboxylic acids is 4. The first-order valence-corrected chi connectivity index (χ1v) is 9.98. The maximum Gasteiger partial charge on any atom is 0.239 e. The number of nitrogens with one attached hydrogen (secondary N) is 1. The molecule has 0 aromatic heterocycles. The van der Waals surface area contributed by atoms with E-state index in [2.05, 4.69) is 5.32 Å². The summed E-state index contributed by atoms with van der Waals surface area (Å²) in [6.45, 7) is 0. The first kappa shape index (κ1) is 19.2. The number of ketones is 3. The molecule has 1 atom stereocenters. The van der Waals surface area contributed by atoms with Crippen LogP contribution in [0.25, 0.3) is 5.57 Å². The van der Waals surface area contributed by atoms with Gasteiger partial charge in [0.1, 0.15) is 5.92 Å². The molecule has 0 spiro atoms. The van der Waals surface area contributed by atoms with E-state index in [4.69, 9.17) is 11.6 Å². The van der Waals surface area contributed by atoms with Gasteiger partial charge in [-0.05, 0) is 35.9 Å². The lowest BCUT2D eigenvalue weighted by Gasteiger charge is -2.28. The molecule has 0 bridgehead atoms. The van der Waals surface area contributed by atoms with Gasteiger partial charge in [0, 0.05) is 33.0 Å². The highest BCUT2D eigenvalue weighted by atomic mass is 35.5. The van der Waals surface area contributed by atoms with Crippen molar-refractivity contribution < 1.29 is 19.2 Å². The fourth-order valence-electron chi connectivity index (χ4n) is 4.12. The molecule has 1 heterocycles. The van der Waals surface area contributed by atoms with Gasteiger partial charge >= 0.3 is 0 Å². The molecule has 3 aromatic carbocycles. The molecule has 5 nitrogen and oxygen atoms in total. The molecule has 1 N–H and O–H groups in total. The average molecular weight is 428 g/mol. The summed E-state index contributed by atoms with van der Waals surface area (Å²) in [7, 11) is 0. The Morgan fingerprint density at radius 2 is 1.29 bits per heavy atom. The number of para-hydroxylation sites is 1. The molecule has 0 saturated heterocycles. The van der Waals surface area contributed by atoms with Gasteiger partial charge < -0.3 is 5.32 Å². The Morgan fingerprint density at radius 1 is 0.742 bits per heavy atom. The van der Waals surface area contributed by atoms with Crippen molar-refractivity contribution in [1.82, 2.24) is 0 Å². The van der Waals surface area contributed by atoms with Crippen LogP contribution >= 0.6 is 11.6 Å². The van der Waals surface area contributed by atoms with Gasteiger partial charge in [-0.1, -0.05) is 54.1 Å². The lowest BCUT2D eigenvalue weighted by Crippen LogP contribution is -2.36. The Hall–Kier alpha value is -3.83. The number of anilines is 1. The maximum atomic E-state index is 13.4. The van der Waals surface area contributed by atoms with Crippen molar-refractivity contribution in [2.75, 3.05) is 5.32 Å². The fourth-order valence-corrected chi connectivity index (χ4v) is 4.25. The second-order valence-corrected chi connectivity index (χ2v) is 7.77. The highest BCUT2D eigenvalue weighted by molar-refractivity contribution is 6.44. The van der Waals surface area contributed by atoms with E-state index in [-0.39, 0.29) is 27.8 Å². The van der Waals surface area contributed by atoms with Crippen LogP contribution in [0.3, 0.4) is 0 Å². The summed E-state index contributed by atoms with van der Waals surface area (Å²) in [5, 5.41) is 3.18. The topological polar surface area (TPSA) is 80.3 Å². The van der Waals surface area contributed by atoms with E-state index in [9.17, 15) is 19.2 Å². The molecule has 1 amide bonds. The number of hydrogen-bond donors (Lipinski definition) is 1. The van der Waals surface area contributed by atoms with Crippen molar-refractivity contribution in [2.45, 2.75) is 0 Å². The highest BCUT2D eigenvalue weighted by Gasteiger charge is 2.44. The molecule has 1 aliphatic heterocycles. The molecule has 0 saturated carbocycles. The Kier molecular flexibility index (Phi) is 4.41. The normalized spacial score (nSPS) is 17.3. The molecule has 6 heteroatoms. The lowest BCUT2D eigenvalue weighted by atomic mass is 9.78. The largest absolute Gasteiger partial charge is 0.325 e. The summed E-state index contributed by atoms with van der Waals surface area (Å²) in [5.41, 5.74) is 1.76. The Bertz CT molecular complexity index is 1300. The number of fused-ring (bicyclic) bond motifs is 2. The molecular weight excluding hydrogens is 414 g/mol. The lowest BCUT2D eigenvalue weighted by molar-refractivity contribution is -0.117. The number of carbonyl (C=O) groups is 4. The van der Waals surface area contributed by atoms with Crippen LogP contribution in [0.2, 0.25) is 5.02 Å². The number of rotatable bonds is 2. The standard InChI is InChI=1S/C25H14ClNO4/c26-14-11-9-13(10-12-14)22(28)21-19(17-7-3-4-8-18(17)27-25(21)31)20-23(29)15-5-1-2-6-16(15)24(20)30/h1-12,21H,(H,27,31). The first-order chi connectivity index (χ1) is 15.0. The summed E-state index contributed by atoms with van der Waals surface area (Å²) < 4.78 is 0. The van der Waals surface area contributed by atoms with E-state index in [0.29, 0.717) is 16.3 Å². The summed E-state index contributed by atoms with van der Waals surface area (Å²) in [5.74, 6) is -3.39. The van der Waals surface area contributed by atoms with Gasteiger partial charge in [0.2, 0.25) is 5.91 Å². The summed E-state index contributed by atoms with van der Waals surface area (Å²) in [4.78, 5) is 53.0. The van der Waals surface area contributed by atoms with Gasteiger partial charge in [0.15, 0.2) is 17.3 Å². The minimum atomic E-state index is -1.34. The second-order valence-electron chi connectivity index (χ2n) is 7.33. The van der Waals surface area contributed by atoms with Crippen molar-refractivity contribution in [3.63, 3.8) is 0 Å². The van der Waals surface area contributed by atoms with E-state index in [1.54, 1.807) is 60.7 Å². The SMILES string of the molecule is O=C1C(=C2c3ccccc3NC(=O)C2C(=O)c2ccc(Cl)cc2)C(=O)c2ccccc21. The molecule has 3 aromatic rings. The average Bonchev–Trinajstić information content (AvgIpc) is 3.03. The zero-order chi connectivity index (χ0) is 21.7. The Labute approximate surface area is 182 Å².